The number of nitrogens with zero attached hydrogens (tertiary/aromatic N) is 4. The zero-order chi connectivity index (χ0) is 17.4. The van der Waals surface area contributed by atoms with Crippen LogP contribution in [0.4, 0.5) is 10.1 Å². The molecular weight excluding hydrogens is 325 g/mol. The summed E-state index contributed by atoms with van der Waals surface area (Å²) in [6, 6.07) is 4.43. The lowest BCUT2D eigenvalue weighted by Crippen LogP contribution is -2.43. The average molecular weight is 343 g/mol. The molecule has 3 heterocycles. The van der Waals surface area contributed by atoms with Gasteiger partial charge in [0, 0.05) is 31.2 Å². The molecule has 4 rings (SSSR count). The van der Waals surface area contributed by atoms with Gasteiger partial charge in [0.15, 0.2) is 0 Å². The predicted octanol–water partition coefficient (Wildman–Crippen LogP) is 1.71. The van der Waals surface area contributed by atoms with Crippen molar-refractivity contribution in [2.75, 3.05) is 18.4 Å². The molecule has 25 heavy (non-hydrogen) atoms. The van der Waals surface area contributed by atoms with Crippen molar-refractivity contribution in [3.05, 3.63) is 42.2 Å². The standard InChI is InChI=1S/C17H18FN5O2/c18-11-1-2-15-13(7-11)14(8-16(24)21-15)17(25)22-5-3-12(4-6-22)23-9-19-20-10-23/h1-2,7,9-10,12,14H,3-6,8H2,(H,21,24)/t14-/m1/s1. The van der Waals surface area contributed by atoms with Crippen LogP contribution in [0.5, 0.6) is 0 Å². The number of halogens is 1. The molecule has 0 unspecified atom stereocenters. The second-order valence-electron chi connectivity index (χ2n) is 6.50. The summed E-state index contributed by atoms with van der Waals surface area (Å²) in [6.45, 7) is 1.20. The molecule has 0 aliphatic carbocycles. The first-order valence-corrected chi connectivity index (χ1v) is 8.34. The largest absolute Gasteiger partial charge is 0.342 e. The SMILES string of the molecule is O=C1C[C@@H](C(=O)N2CCC(n3cnnc3)CC2)c2cc(F)ccc2N1. The van der Waals surface area contributed by atoms with Gasteiger partial charge in [0.2, 0.25) is 11.8 Å². The van der Waals surface area contributed by atoms with Gasteiger partial charge in [-0.1, -0.05) is 0 Å². The molecule has 2 amide bonds. The van der Waals surface area contributed by atoms with Crippen molar-refractivity contribution in [2.24, 2.45) is 0 Å². The van der Waals surface area contributed by atoms with Crippen LogP contribution < -0.4 is 5.32 Å². The van der Waals surface area contributed by atoms with Gasteiger partial charge in [0.1, 0.15) is 18.5 Å². The lowest BCUT2D eigenvalue weighted by atomic mass is 9.88. The minimum atomic E-state index is -0.620. The monoisotopic (exact) mass is 343 g/mol. The number of rotatable bonds is 2. The molecular formula is C17H18FN5O2. The number of amides is 2. The van der Waals surface area contributed by atoms with Crippen LogP contribution in [0.1, 0.15) is 36.8 Å². The van der Waals surface area contributed by atoms with Crippen LogP contribution in [-0.2, 0) is 9.59 Å². The van der Waals surface area contributed by atoms with Gasteiger partial charge in [-0.2, -0.15) is 0 Å². The highest BCUT2D eigenvalue weighted by atomic mass is 19.1. The Labute approximate surface area is 143 Å². The zero-order valence-electron chi connectivity index (χ0n) is 13.6. The fraction of sp³-hybridized carbons (Fsp3) is 0.412. The summed E-state index contributed by atoms with van der Waals surface area (Å²) in [5.74, 6) is -1.34. The topological polar surface area (TPSA) is 80.1 Å². The Balaban J connectivity index is 1.50. The van der Waals surface area contributed by atoms with Gasteiger partial charge in [-0.15, -0.1) is 10.2 Å². The summed E-state index contributed by atoms with van der Waals surface area (Å²) >= 11 is 0. The van der Waals surface area contributed by atoms with Gasteiger partial charge >= 0.3 is 0 Å². The number of anilines is 1. The number of carbonyl (C=O) groups is 2. The van der Waals surface area contributed by atoms with Crippen LogP contribution in [-0.4, -0.2) is 44.6 Å². The highest BCUT2D eigenvalue weighted by Crippen LogP contribution is 2.35. The van der Waals surface area contributed by atoms with Crippen molar-refractivity contribution in [1.29, 1.82) is 0 Å². The maximum Gasteiger partial charge on any atom is 0.230 e. The van der Waals surface area contributed by atoms with Gasteiger partial charge in [-0.3, -0.25) is 9.59 Å². The van der Waals surface area contributed by atoms with Crippen molar-refractivity contribution in [2.45, 2.75) is 31.2 Å². The van der Waals surface area contributed by atoms with E-state index in [1.807, 2.05) is 4.57 Å². The third-order valence-corrected chi connectivity index (χ3v) is 4.99. The number of piperidine rings is 1. The van der Waals surface area contributed by atoms with E-state index in [0.717, 1.165) is 12.8 Å². The van der Waals surface area contributed by atoms with Crippen LogP contribution in [0, 0.1) is 5.82 Å². The molecule has 1 N–H and O–H groups in total. The highest BCUT2D eigenvalue weighted by Gasteiger charge is 2.35. The van der Waals surface area contributed by atoms with Gasteiger partial charge in [-0.05, 0) is 36.6 Å². The molecule has 2 aliphatic rings. The summed E-state index contributed by atoms with van der Waals surface area (Å²) in [6.07, 6.45) is 5.04. The molecule has 2 aromatic rings. The number of likely N-dealkylation sites (tertiary alicyclic amines) is 1. The summed E-state index contributed by atoms with van der Waals surface area (Å²) < 4.78 is 15.6. The smallest absolute Gasteiger partial charge is 0.230 e. The maximum atomic E-state index is 13.6. The van der Waals surface area contributed by atoms with Gasteiger partial charge in [0.25, 0.3) is 0 Å². The third kappa shape index (κ3) is 2.99. The van der Waals surface area contributed by atoms with Crippen LogP contribution in [0.25, 0.3) is 0 Å². The number of aromatic nitrogens is 3. The lowest BCUT2D eigenvalue weighted by molar-refractivity contribution is -0.136. The summed E-state index contributed by atoms with van der Waals surface area (Å²) in [5, 5.41) is 10.3. The van der Waals surface area contributed by atoms with E-state index in [0.29, 0.717) is 24.3 Å². The Hall–Kier alpha value is -2.77. The van der Waals surface area contributed by atoms with Crippen LogP contribution in [0.3, 0.4) is 0 Å². The predicted molar refractivity (Wildman–Crippen MR) is 87.3 cm³/mol. The molecule has 7 nitrogen and oxygen atoms in total. The van der Waals surface area contributed by atoms with E-state index in [1.54, 1.807) is 17.6 Å². The summed E-state index contributed by atoms with van der Waals surface area (Å²) in [4.78, 5) is 26.7. The van der Waals surface area contributed by atoms with E-state index in [2.05, 4.69) is 15.5 Å². The van der Waals surface area contributed by atoms with E-state index in [9.17, 15) is 14.0 Å². The number of fused-ring (bicyclic) bond motifs is 1. The molecule has 1 saturated heterocycles. The Morgan fingerprint density at radius 2 is 1.92 bits per heavy atom. The average Bonchev–Trinajstić information content (AvgIpc) is 3.16. The number of carbonyl (C=O) groups excluding carboxylic acids is 2. The molecule has 1 atom stereocenters. The van der Waals surface area contributed by atoms with E-state index in [-0.39, 0.29) is 24.3 Å². The fourth-order valence-electron chi connectivity index (χ4n) is 3.65. The second-order valence-corrected chi connectivity index (χ2v) is 6.50. The van der Waals surface area contributed by atoms with Crippen LogP contribution in [0.2, 0.25) is 0 Å². The quantitative estimate of drug-likeness (QED) is 0.900. The number of nitrogens with one attached hydrogen (secondary N) is 1. The molecule has 2 aliphatic heterocycles. The molecule has 1 fully saturated rings. The van der Waals surface area contributed by atoms with E-state index < -0.39 is 11.7 Å². The van der Waals surface area contributed by atoms with Crippen molar-refractivity contribution in [3.63, 3.8) is 0 Å². The first-order chi connectivity index (χ1) is 12.1. The second kappa shape index (κ2) is 6.27. The lowest BCUT2D eigenvalue weighted by Gasteiger charge is -2.35. The minimum Gasteiger partial charge on any atom is -0.342 e. The van der Waals surface area contributed by atoms with E-state index in [4.69, 9.17) is 0 Å². The Kier molecular flexibility index (Phi) is 3.95. The van der Waals surface area contributed by atoms with Crippen LogP contribution in [0.15, 0.2) is 30.9 Å². The first-order valence-electron chi connectivity index (χ1n) is 8.34. The summed E-state index contributed by atoms with van der Waals surface area (Å²) in [7, 11) is 0. The Morgan fingerprint density at radius 1 is 1.20 bits per heavy atom. The number of benzene rings is 1. The minimum absolute atomic E-state index is 0.0562. The van der Waals surface area contributed by atoms with E-state index in [1.165, 1.54) is 18.2 Å². The normalized spacial score (nSPS) is 20.9. The Bertz CT molecular complexity index is 799. The van der Waals surface area contributed by atoms with Crippen molar-refractivity contribution in [1.82, 2.24) is 19.7 Å². The van der Waals surface area contributed by atoms with Gasteiger partial charge in [-0.25, -0.2) is 4.39 Å². The molecule has 1 aromatic heterocycles. The Morgan fingerprint density at radius 3 is 2.64 bits per heavy atom. The molecule has 0 bridgehead atoms. The summed E-state index contributed by atoms with van der Waals surface area (Å²) in [5.41, 5.74) is 1.08. The zero-order valence-corrected chi connectivity index (χ0v) is 13.6. The van der Waals surface area contributed by atoms with Crippen molar-refractivity contribution in [3.8, 4) is 0 Å². The number of hydrogen-bond acceptors (Lipinski definition) is 4. The molecule has 0 radical (unpaired) electrons. The third-order valence-electron chi connectivity index (χ3n) is 4.99. The van der Waals surface area contributed by atoms with Crippen molar-refractivity contribution >= 4 is 17.5 Å². The van der Waals surface area contributed by atoms with Gasteiger partial charge < -0.3 is 14.8 Å². The van der Waals surface area contributed by atoms with Crippen LogP contribution >= 0.6 is 0 Å². The molecule has 0 spiro atoms. The first kappa shape index (κ1) is 15.7. The molecule has 130 valence electrons. The maximum absolute atomic E-state index is 13.6. The van der Waals surface area contributed by atoms with Gasteiger partial charge in [0.05, 0.1) is 5.92 Å². The highest BCUT2D eigenvalue weighted by molar-refractivity contribution is 6.01. The molecule has 8 heteroatoms. The van der Waals surface area contributed by atoms with E-state index >= 15 is 0 Å². The van der Waals surface area contributed by atoms with Crippen molar-refractivity contribution < 1.29 is 14.0 Å². The molecule has 0 saturated carbocycles. The number of hydrogen-bond donors (Lipinski definition) is 1. The molecule has 1 aromatic carbocycles. The fourth-order valence-corrected chi connectivity index (χ4v) is 3.65.